The van der Waals surface area contributed by atoms with Crippen LogP contribution in [0.25, 0.3) is 0 Å². The van der Waals surface area contributed by atoms with Crippen LogP contribution in [0.4, 0.5) is 0 Å². The van der Waals surface area contributed by atoms with Crippen molar-refractivity contribution in [1.29, 1.82) is 0 Å². The first-order chi connectivity index (χ1) is 9.34. The minimum atomic E-state index is -0.719. The molecular formula is C16H25NO3. The Hall–Kier alpha value is -1.39. The second-order valence-electron chi connectivity index (χ2n) is 5.53. The zero-order chi connectivity index (χ0) is 15.3. The molecule has 0 radical (unpaired) electrons. The topological polar surface area (TPSA) is 60.8 Å². The Morgan fingerprint density at radius 3 is 2.20 bits per heavy atom. The maximum Gasteiger partial charge on any atom is 0.225 e. The quantitative estimate of drug-likeness (QED) is 0.837. The van der Waals surface area contributed by atoms with Gasteiger partial charge in [-0.05, 0) is 25.8 Å². The van der Waals surface area contributed by atoms with Gasteiger partial charge in [-0.25, -0.2) is 0 Å². The van der Waals surface area contributed by atoms with E-state index in [1.165, 1.54) is 0 Å². The van der Waals surface area contributed by atoms with Crippen molar-refractivity contribution in [3.05, 3.63) is 35.9 Å². The molecule has 0 aliphatic rings. The van der Waals surface area contributed by atoms with Crippen molar-refractivity contribution in [1.82, 2.24) is 4.90 Å². The molecule has 4 atom stereocenters. The number of nitrogens with zero attached hydrogens (tertiary/aromatic N) is 1. The lowest BCUT2D eigenvalue weighted by molar-refractivity contribution is -0.138. The molecule has 20 heavy (non-hydrogen) atoms. The van der Waals surface area contributed by atoms with Crippen LogP contribution in [0.15, 0.2) is 30.3 Å². The Labute approximate surface area is 121 Å². The van der Waals surface area contributed by atoms with Gasteiger partial charge in [-0.2, -0.15) is 0 Å². The van der Waals surface area contributed by atoms with Gasteiger partial charge in [-0.3, -0.25) is 4.79 Å². The maximum absolute atomic E-state index is 12.3. The van der Waals surface area contributed by atoms with Crippen molar-refractivity contribution in [2.45, 2.75) is 45.4 Å². The fourth-order valence-electron chi connectivity index (χ4n) is 2.30. The third kappa shape index (κ3) is 4.32. The Morgan fingerprint density at radius 1 is 1.15 bits per heavy atom. The summed E-state index contributed by atoms with van der Waals surface area (Å²) < 4.78 is 0. The molecule has 0 aliphatic heterocycles. The fourth-order valence-corrected chi connectivity index (χ4v) is 2.30. The second kappa shape index (κ2) is 7.41. The van der Waals surface area contributed by atoms with Crippen LogP contribution < -0.4 is 0 Å². The molecule has 0 saturated carbocycles. The van der Waals surface area contributed by atoms with Gasteiger partial charge < -0.3 is 15.1 Å². The van der Waals surface area contributed by atoms with Gasteiger partial charge >= 0.3 is 0 Å². The van der Waals surface area contributed by atoms with Crippen LogP contribution in [0.5, 0.6) is 0 Å². The molecule has 0 aliphatic carbocycles. The molecule has 0 fully saturated rings. The predicted molar refractivity (Wildman–Crippen MR) is 79.1 cm³/mol. The molecule has 1 aromatic carbocycles. The molecule has 1 rings (SSSR count). The number of benzene rings is 1. The van der Waals surface area contributed by atoms with E-state index < -0.39 is 12.2 Å². The van der Waals surface area contributed by atoms with Gasteiger partial charge in [0.2, 0.25) is 5.91 Å². The lowest BCUT2D eigenvalue weighted by Gasteiger charge is -2.31. The van der Waals surface area contributed by atoms with Crippen LogP contribution in [0, 0.1) is 5.92 Å². The first-order valence-corrected chi connectivity index (χ1v) is 7.02. The third-order valence-electron chi connectivity index (χ3n) is 3.67. The number of hydrogen-bond donors (Lipinski definition) is 2. The standard InChI is InChI=1S/C16H25NO3/c1-11(10-12(2)18)16(20)17(4)13(3)15(19)14-8-6-5-7-9-14/h5-9,11-13,15,18-19H,10H2,1-4H3/t11-,12-,13-,15+/m1/s1. The van der Waals surface area contributed by atoms with E-state index in [4.69, 9.17) is 0 Å². The molecule has 112 valence electrons. The molecule has 0 saturated heterocycles. The van der Waals surface area contributed by atoms with Crippen LogP contribution >= 0.6 is 0 Å². The van der Waals surface area contributed by atoms with E-state index in [2.05, 4.69) is 0 Å². The van der Waals surface area contributed by atoms with Gasteiger partial charge in [0.1, 0.15) is 0 Å². The molecule has 1 amide bonds. The van der Waals surface area contributed by atoms with Crippen LogP contribution in [0.1, 0.15) is 38.9 Å². The Kier molecular flexibility index (Phi) is 6.17. The summed E-state index contributed by atoms with van der Waals surface area (Å²) in [6, 6.07) is 8.99. The summed E-state index contributed by atoms with van der Waals surface area (Å²) in [7, 11) is 1.69. The lowest BCUT2D eigenvalue weighted by atomic mass is 9.99. The Balaban J connectivity index is 2.71. The number of hydrogen-bond acceptors (Lipinski definition) is 3. The van der Waals surface area contributed by atoms with Crippen molar-refractivity contribution in [3.63, 3.8) is 0 Å². The Bertz CT molecular complexity index is 419. The number of aliphatic hydroxyl groups excluding tert-OH is 2. The molecule has 0 bridgehead atoms. The average molecular weight is 279 g/mol. The highest BCUT2D eigenvalue weighted by Crippen LogP contribution is 2.21. The van der Waals surface area contributed by atoms with Crippen LogP contribution in [-0.2, 0) is 4.79 Å². The van der Waals surface area contributed by atoms with Crippen molar-refractivity contribution in [2.75, 3.05) is 7.05 Å². The van der Waals surface area contributed by atoms with Gasteiger partial charge in [-0.1, -0.05) is 37.3 Å². The van der Waals surface area contributed by atoms with Crippen LogP contribution in [0.3, 0.4) is 0 Å². The lowest BCUT2D eigenvalue weighted by Crippen LogP contribution is -2.42. The summed E-state index contributed by atoms with van der Waals surface area (Å²) >= 11 is 0. The van der Waals surface area contributed by atoms with E-state index in [1.807, 2.05) is 37.3 Å². The minimum absolute atomic E-state index is 0.0617. The van der Waals surface area contributed by atoms with Crippen LogP contribution in [0.2, 0.25) is 0 Å². The summed E-state index contributed by atoms with van der Waals surface area (Å²) in [6.45, 7) is 5.30. The van der Waals surface area contributed by atoms with E-state index in [1.54, 1.807) is 25.8 Å². The third-order valence-corrected chi connectivity index (χ3v) is 3.67. The molecule has 0 unspecified atom stereocenters. The van der Waals surface area contributed by atoms with Crippen molar-refractivity contribution >= 4 is 5.91 Å². The monoisotopic (exact) mass is 279 g/mol. The average Bonchev–Trinajstić information content (AvgIpc) is 2.44. The summed E-state index contributed by atoms with van der Waals surface area (Å²) in [5.41, 5.74) is 0.794. The highest BCUT2D eigenvalue weighted by atomic mass is 16.3. The van der Waals surface area contributed by atoms with E-state index in [0.717, 1.165) is 5.56 Å². The van der Waals surface area contributed by atoms with Gasteiger partial charge in [-0.15, -0.1) is 0 Å². The molecule has 0 spiro atoms. The van der Waals surface area contributed by atoms with Crippen LogP contribution in [-0.4, -0.2) is 40.2 Å². The molecule has 4 heteroatoms. The second-order valence-corrected chi connectivity index (χ2v) is 5.53. The molecule has 0 aromatic heterocycles. The number of rotatable bonds is 6. The van der Waals surface area contributed by atoms with Crippen molar-refractivity contribution in [2.24, 2.45) is 5.92 Å². The molecule has 4 nitrogen and oxygen atoms in total. The van der Waals surface area contributed by atoms with Crippen molar-refractivity contribution < 1.29 is 15.0 Å². The summed E-state index contributed by atoms with van der Waals surface area (Å²) in [6.07, 6.45) is -0.794. The van der Waals surface area contributed by atoms with Gasteiger partial charge in [0.15, 0.2) is 0 Å². The number of amides is 1. The predicted octanol–water partition coefficient (Wildman–Crippen LogP) is 1.97. The first-order valence-electron chi connectivity index (χ1n) is 7.02. The van der Waals surface area contributed by atoms with Gasteiger partial charge in [0.25, 0.3) is 0 Å². The fraction of sp³-hybridized carbons (Fsp3) is 0.562. The number of likely N-dealkylation sites (N-methyl/N-ethyl adjacent to an activating group) is 1. The highest BCUT2D eigenvalue weighted by Gasteiger charge is 2.27. The normalized spacial score (nSPS) is 17.1. The van der Waals surface area contributed by atoms with E-state index >= 15 is 0 Å². The zero-order valence-corrected chi connectivity index (χ0v) is 12.7. The smallest absolute Gasteiger partial charge is 0.225 e. The maximum atomic E-state index is 12.3. The SMILES string of the molecule is C[C@H](C[C@@H](C)O)C(=O)N(C)[C@H](C)[C@H](O)c1ccccc1. The molecule has 1 aromatic rings. The minimum Gasteiger partial charge on any atom is -0.393 e. The summed E-state index contributed by atoms with van der Waals surface area (Å²) in [4.78, 5) is 13.8. The summed E-state index contributed by atoms with van der Waals surface area (Å²) in [5.74, 6) is -0.321. The van der Waals surface area contributed by atoms with E-state index in [0.29, 0.717) is 6.42 Å². The number of carbonyl (C=O) groups excluding carboxylic acids is 1. The first kappa shape index (κ1) is 16.7. The van der Waals surface area contributed by atoms with E-state index in [-0.39, 0.29) is 17.9 Å². The summed E-state index contributed by atoms with van der Waals surface area (Å²) in [5, 5.41) is 19.7. The molecule has 2 N–H and O–H groups in total. The zero-order valence-electron chi connectivity index (χ0n) is 12.7. The number of carbonyl (C=O) groups is 1. The Morgan fingerprint density at radius 2 is 1.70 bits per heavy atom. The highest BCUT2D eigenvalue weighted by molar-refractivity contribution is 5.78. The molecule has 0 heterocycles. The van der Waals surface area contributed by atoms with Gasteiger partial charge in [0, 0.05) is 13.0 Å². The number of aliphatic hydroxyl groups is 2. The molecular weight excluding hydrogens is 254 g/mol. The van der Waals surface area contributed by atoms with Crippen molar-refractivity contribution in [3.8, 4) is 0 Å². The van der Waals surface area contributed by atoms with E-state index in [9.17, 15) is 15.0 Å². The largest absolute Gasteiger partial charge is 0.393 e. The van der Waals surface area contributed by atoms with Gasteiger partial charge in [0.05, 0.1) is 18.2 Å².